The van der Waals surface area contributed by atoms with E-state index in [1.165, 1.54) is 0 Å². The molecule has 0 saturated carbocycles. The van der Waals surface area contributed by atoms with Gasteiger partial charge in [-0.05, 0) is 6.92 Å². The third-order valence-electron chi connectivity index (χ3n) is 1.07. The van der Waals surface area contributed by atoms with Crippen molar-refractivity contribution >= 4 is 0 Å². The minimum Gasteiger partial charge on any atom is -0.293 e. The van der Waals surface area contributed by atoms with Gasteiger partial charge in [-0.25, -0.2) is 6.08 Å². The first-order chi connectivity index (χ1) is 4.33. The minimum atomic E-state index is 0. The molecule has 1 nitrogen and oxygen atoms in total. The van der Waals surface area contributed by atoms with Gasteiger partial charge in [-0.3, -0.25) is 4.98 Å². The Morgan fingerprint density at radius 1 is 1.50 bits per heavy atom. The summed E-state index contributed by atoms with van der Waals surface area (Å²) in [6.07, 6.45) is 2.71. The van der Waals surface area contributed by atoms with Gasteiger partial charge in [-0.1, -0.05) is 6.07 Å². The predicted molar refractivity (Wildman–Crippen MR) is 36.9 cm³/mol. The van der Waals surface area contributed by atoms with Crippen molar-refractivity contribution in [1.29, 1.82) is 0 Å². The molecule has 10 heavy (non-hydrogen) atoms. The van der Waals surface area contributed by atoms with Crippen LogP contribution in [-0.2, 0) is 21.1 Å². The topological polar surface area (TPSA) is 12.9 Å². The fraction of sp³-hybridized carbons (Fsp3) is 0.125. The van der Waals surface area contributed by atoms with E-state index in [2.05, 4.69) is 17.6 Å². The molecular weight excluding hydrogens is 294 g/mol. The molecule has 1 aromatic rings. The largest absolute Gasteiger partial charge is 0.293 e. The van der Waals surface area contributed by atoms with Crippen molar-refractivity contribution in [3.63, 3.8) is 0 Å². The van der Waals surface area contributed by atoms with Crippen LogP contribution in [-0.4, -0.2) is 4.98 Å². The van der Waals surface area contributed by atoms with Gasteiger partial charge < -0.3 is 0 Å². The van der Waals surface area contributed by atoms with E-state index in [1.807, 2.05) is 25.1 Å². The van der Waals surface area contributed by atoms with Gasteiger partial charge in [0.15, 0.2) is 0 Å². The van der Waals surface area contributed by atoms with Crippen LogP contribution in [0.3, 0.4) is 0 Å². The van der Waals surface area contributed by atoms with Gasteiger partial charge in [-0.15, -0.1) is 11.8 Å². The summed E-state index contributed by atoms with van der Waals surface area (Å²) in [5.41, 5.74) is 1.82. The van der Waals surface area contributed by atoms with Gasteiger partial charge >= 0.3 is 0 Å². The van der Waals surface area contributed by atoms with Gasteiger partial charge in [0.2, 0.25) is 0 Å². The Morgan fingerprint density at radius 2 is 2.20 bits per heavy atom. The molecule has 1 rings (SSSR count). The predicted octanol–water partition coefficient (Wildman–Crippen LogP) is 1.72. The summed E-state index contributed by atoms with van der Waals surface area (Å²) in [4.78, 5) is 4.12. The van der Waals surface area contributed by atoms with Crippen molar-refractivity contribution in [2.45, 2.75) is 6.92 Å². The number of aryl methyl sites for hydroxylation is 1. The maximum absolute atomic E-state index is 4.12. The minimum absolute atomic E-state index is 0. The van der Waals surface area contributed by atoms with Gasteiger partial charge in [-0.2, -0.15) is 12.6 Å². The smallest absolute Gasteiger partial charge is 0.0327 e. The molecule has 0 amide bonds. The molecule has 52 valence electrons. The first-order valence-electron chi connectivity index (χ1n) is 2.79. The molecule has 0 saturated heterocycles. The molecule has 0 spiro atoms. The molecule has 1 aromatic heterocycles. The number of pyridine rings is 1. The molecular formula is C8H8NW-. The second-order valence-corrected chi connectivity index (χ2v) is 1.84. The van der Waals surface area contributed by atoms with Crippen molar-refractivity contribution in [2.24, 2.45) is 0 Å². The van der Waals surface area contributed by atoms with Crippen LogP contribution in [0.5, 0.6) is 0 Å². The maximum atomic E-state index is 4.12. The summed E-state index contributed by atoms with van der Waals surface area (Å²) in [6.45, 7) is 5.43. The first-order valence-corrected chi connectivity index (χ1v) is 2.79. The summed E-state index contributed by atoms with van der Waals surface area (Å²) in [6, 6.07) is 5.76. The molecule has 0 unspecified atom stereocenters. The number of aromatic nitrogens is 1. The zero-order valence-corrected chi connectivity index (χ0v) is 8.73. The monoisotopic (exact) mass is 302 g/mol. The van der Waals surface area contributed by atoms with Gasteiger partial charge in [0, 0.05) is 26.8 Å². The summed E-state index contributed by atoms with van der Waals surface area (Å²) < 4.78 is 0. The zero-order chi connectivity index (χ0) is 6.69. The standard InChI is InChI=1S/C8H8N.W/c1-3-8-6-4-5-7(2)9-8;/h4-6H,1H2,2H3;/q-1;. The first kappa shape index (κ1) is 9.58. The molecule has 0 bridgehead atoms. The van der Waals surface area contributed by atoms with Gasteiger partial charge in [0.05, 0.1) is 0 Å². The van der Waals surface area contributed by atoms with Crippen LogP contribution in [0, 0.1) is 13.0 Å². The van der Waals surface area contributed by atoms with Crippen LogP contribution in [0.4, 0.5) is 0 Å². The molecule has 1 heterocycles. The average molecular weight is 302 g/mol. The van der Waals surface area contributed by atoms with E-state index >= 15 is 0 Å². The Labute approximate surface area is 75.4 Å². The molecule has 0 fully saturated rings. The van der Waals surface area contributed by atoms with E-state index in [-0.39, 0.29) is 21.1 Å². The van der Waals surface area contributed by atoms with E-state index in [4.69, 9.17) is 0 Å². The number of rotatable bonds is 1. The van der Waals surface area contributed by atoms with Crippen molar-refractivity contribution in [1.82, 2.24) is 4.98 Å². The van der Waals surface area contributed by atoms with Gasteiger partial charge in [0.1, 0.15) is 0 Å². The number of hydrogen-bond acceptors (Lipinski definition) is 1. The van der Waals surface area contributed by atoms with Crippen LogP contribution in [0.1, 0.15) is 11.4 Å². The zero-order valence-electron chi connectivity index (χ0n) is 5.79. The van der Waals surface area contributed by atoms with Crippen LogP contribution in [0.25, 0.3) is 0 Å². The number of nitrogens with zero attached hydrogens (tertiary/aromatic N) is 1. The van der Waals surface area contributed by atoms with Crippen LogP contribution < -0.4 is 0 Å². The van der Waals surface area contributed by atoms with E-state index in [0.717, 1.165) is 11.4 Å². The molecule has 0 aliphatic heterocycles. The summed E-state index contributed by atoms with van der Waals surface area (Å²) in [7, 11) is 0. The summed E-state index contributed by atoms with van der Waals surface area (Å²) in [5.74, 6) is 0. The molecule has 0 aliphatic carbocycles. The van der Waals surface area contributed by atoms with E-state index < -0.39 is 0 Å². The Kier molecular flexibility index (Phi) is 4.22. The second-order valence-electron chi connectivity index (χ2n) is 1.84. The van der Waals surface area contributed by atoms with Crippen molar-refractivity contribution in [3.8, 4) is 0 Å². The van der Waals surface area contributed by atoms with Crippen LogP contribution in [0.15, 0.2) is 24.8 Å². The molecule has 0 radical (unpaired) electrons. The second kappa shape index (κ2) is 4.40. The van der Waals surface area contributed by atoms with E-state index in [9.17, 15) is 0 Å². The van der Waals surface area contributed by atoms with E-state index in [1.54, 1.807) is 0 Å². The van der Waals surface area contributed by atoms with Crippen molar-refractivity contribution < 1.29 is 21.1 Å². The summed E-state index contributed by atoms with van der Waals surface area (Å²) in [5, 5.41) is 0. The molecule has 2 heteroatoms. The summed E-state index contributed by atoms with van der Waals surface area (Å²) >= 11 is 0. The Hall–Kier alpha value is -0.422. The van der Waals surface area contributed by atoms with Crippen molar-refractivity contribution in [2.75, 3.05) is 0 Å². The Balaban J connectivity index is 0.000000810. The third kappa shape index (κ3) is 2.45. The quantitative estimate of drug-likeness (QED) is 0.720. The normalized spacial score (nSPS) is 8.10. The maximum Gasteiger partial charge on any atom is 0.0327 e. The number of hydrogen-bond donors (Lipinski definition) is 0. The molecule has 0 atom stereocenters. The Bertz CT molecular complexity index is 220. The SMILES string of the molecule is C=[C-]c1cccc(C)n1.[W]. The molecule has 0 aliphatic rings. The fourth-order valence-electron chi connectivity index (χ4n) is 0.642. The molecule has 0 aromatic carbocycles. The molecule has 0 N–H and O–H groups in total. The van der Waals surface area contributed by atoms with Crippen LogP contribution in [0.2, 0.25) is 0 Å². The van der Waals surface area contributed by atoms with Crippen molar-refractivity contribution in [3.05, 3.63) is 42.2 Å². The van der Waals surface area contributed by atoms with Crippen LogP contribution >= 0.6 is 0 Å². The Morgan fingerprint density at radius 3 is 2.60 bits per heavy atom. The van der Waals surface area contributed by atoms with Gasteiger partial charge in [0.25, 0.3) is 0 Å². The fourth-order valence-corrected chi connectivity index (χ4v) is 0.642. The third-order valence-corrected chi connectivity index (χ3v) is 1.07. The van der Waals surface area contributed by atoms with E-state index in [0.29, 0.717) is 0 Å². The average Bonchev–Trinajstić information content (AvgIpc) is 1.88.